The largest absolute Gasteiger partial charge is 0.463 e. The van der Waals surface area contributed by atoms with Crippen molar-refractivity contribution in [2.45, 2.75) is 13.1 Å². The van der Waals surface area contributed by atoms with E-state index in [-0.39, 0.29) is 5.82 Å². The van der Waals surface area contributed by atoms with E-state index in [1.807, 2.05) is 23.5 Å². The van der Waals surface area contributed by atoms with Gasteiger partial charge in [-0.05, 0) is 18.2 Å². The van der Waals surface area contributed by atoms with Crippen LogP contribution in [0.25, 0.3) is 0 Å². The van der Waals surface area contributed by atoms with Crippen LogP contribution in [0.1, 0.15) is 11.3 Å². The normalized spacial score (nSPS) is 10.5. The van der Waals surface area contributed by atoms with Crippen LogP contribution in [-0.4, -0.2) is 0 Å². The first-order valence-electron chi connectivity index (χ1n) is 4.94. The van der Waals surface area contributed by atoms with Gasteiger partial charge in [0.25, 0.3) is 0 Å². The van der Waals surface area contributed by atoms with Crippen LogP contribution in [0.2, 0.25) is 0 Å². The maximum Gasteiger partial charge on any atom is 0.157 e. The number of furan rings is 1. The van der Waals surface area contributed by atoms with E-state index >= 15 is 0 Å². The topological polar surface area (TPSA) is 29.8 Å². The lowest BCUT2D eigenvalue weighted by atomic mass is 10.2. The van der Waals surface area contributed by atoms with Crippen LogP contribution in [0, 0.1) is 5.82 Å². The molecule has 0 unspecified atom stereocenters. The fourth-order valence-electron chi connectivity index (χ4n) is 1.46. The maximum absolute atomic E-state index is 13.2. The van der Waals surface area contributed by atoms with E-state index < -0.39 is 0 Å². The summed E-state index contributed by atoms with van der Waals surface area (Å²) in [5, 5.41) is 2.01. The van der Waals surface area contributed by atoms with Gasteiger partial charge in [0.1, 0.15) is 18.9 Å². The van der Waals surface area contributed by atoms with Crippen molar-refractivity contribution in [3.05, 3.63) is 59.8 Å². The molecule has 78 valence electrons. The molecule has 0 aliphatic rings. The third-order valence-corrected chi connectivity index (χ3v) is 2.25. The van der Waals surface area contributed by atoms with Crippen molar-refractivity contribution in [3.63, 3.8) is 0 Å². The van der Waals surface area contributed by atoms with Crippen LogP contribution < -0.4 is 5.32 Å². The summed E-state index contributed by atoms with van der Waals surface area (Å²) in [6.45, 7) is 1.37. The summed E-state index contributed by atoms with van der Waals surface area (Å²) in [6.07, 6.45) is 1.65. The summed E-state index contributed by atoms with van der Waals surface area (Å²) in [6, 6.07) is 10.6. The zero-order valence-corrected chi connectivity index (χ0v) is 8.32. The molecule has 0 aliphatic carbocycles. The molecule has 0 saturated carbocycles. The number of halogens is 1. The van der Waals surface area contributed by atoms with E-state index in [0.29, 0.717) is 6.54 Å². The minimum Gasteiger partial charge on any atom is -0.463 e. The van der Waals surface area contributed by atoms with Crippen molar-refractivity contribution in [1.82, 2.24) is 0 Å². The molecule has 0 radical (unpaired) electrons. The van der Waals surface area contributed by atoms with Crippen molar-refractivity contribution >= 4 is 0 Å². The smallest absolute Gasteiger partial charge is 0.157 e. The van der Waals surface area contributed by atoms with Gasteiger partial charge in [0, 0.05) is 5.56 Å². The van der Waals surface area contributed by atoms with Crippen LogP contribution in [0.5, 0.6) is 0 Å². The van der Waals surface area contributed by atoms with Crippen LogP contribution in [-0.2, 0) is 13.1 Å². The Kier molecular flexibility index (Phi) is 3.15. The van der Waals surface area contributed by atoms with Gasteiger partial charge in [-0.15, -0.1) is 0 Å². The van der Waals surface area contributed by atoms with Gasteiger partial charge in [-0.25, -0.2) is 4.39 Å². The zero-order valence-electron chi connectivity index (χ0n) is 8.32. The number of nitrogens with two attached hydrogens (primary N) is 1. The van der Waals surface area contributed by atoms with E-state index in [0.717, 1.165) is 17.9 Å². The lowest BCUT2D eigenvalue weighted by molar-refractivity contribution is -0.688. The molecule has 0 fully saturated rings. The summed E-state index contributed by atoms with van der Waals surface area (Å²) in [7, 11) is 0. The second-order valence-electron chi connectivity index (χ2n) is 3.37. The van der Waals surface area contributed by atoms with Crippen molar-refractivity contribution in [3.8, 4) is 0 Å². The Hall–Kier alpha value is -1.61. The Morgan fingerprint density at radius 2 is 1.93 bits per heavy atom. The third kappa shape index (κ3) is 2.67. The van der Waals surface area contributed by atoms with E-state index in [4.69, 9.17) is 4.42 Å². The Labute approximate surface area is 87.7 Å². The van der Waals surface area contributed by atoms with Crippen LogP contribution >= 0.6 is 0 Å². The molecular formula is C12H13FNO+. The van der Waals surface area contributed by atoms with E-state index in [2.05, 4.69) is 0 Å². The van der Waals surface area contributed by atoms with Gasteiger partial charge in [-0.1, -0.05) is 18.2 Å². The van der Waals surface area contributed by atoms with Crippen LogP contribution in [0.4, 0.5) is 4.39 Å². The van der Waals surface area contributed by atoms with Gasteiger partial charge in [0.15, 0.2) is 5.76 Å². The van der Waals surface area contributed by atoms with Gasteiger partial charge < -0.3 is 9.73 Å². The average molecular weight is 206 g/mol. The second kappa shape index (κ2) is 4.75. The zero-order chi connectivity index (χ0) is 10.5. The highest BCUT2D eigenvalue weighted by Crippen LogP contribution is 2.04. The monoisotopic (exact) mass is 206 g/mol. The average Bonchev–Trinajstić information content (AvgIpc) is 2.74. The molecule has 2 rings (SSSR count). The molecule has 0 atom stereocenters. The lowest BCUT2D eigenvalue weighted by Crippen LogP contribution is -2.80. The first-order chi connectivity index (χ1) is 7.36. The molecule has 15 heavy (non-hydrogen) atoms. The minimum absolute atomic E-state index is 0.145. The number of hydrogen-bond donors (Lipinski definition) is 1. The molecule has 1 aromatic heterocycles. The molecule has 2 nitrogen and oxygen atoms in total. The van der Waals surface area contributed by atoms with Gasteiger partial charge in [0.05, 0.1) is 6.26 Å². The number of quaternary nitrogens is 1. The standard InChI is InChI=1S/C12H12FNO/c13-12-6-2-1-4-10(12)8-14-9-11-5-3-7-15-11/h1-7,14H,8-9H2/p+1. The van der Waals surface area contributed by atoms with E-state index in [9.17, 15) is 4.39 Å². The quantitative estimate of drug-likeness (QED) is 0.810. The molecule has 1 aromatic carbocycles. The first-order valence-corrected chi connectivity index (χ1v) is 4.94. The molecule has 0 bridgehead atoms. The Morgan fingerprint density at radius 1 is 1.07 bits per heavy atom. The van der Waals surface area contributed by atoms with Gasteiger partial charge in [0.2, 0.25) is 0 Å². The molecule has 2 N–H and O–H groups in total. The number of benzene rings is 1. The first kappa shape index (κ1) is 9.93. The maximum atomic E-state index is 13.2. The highest BCUT2D eigenvalue weighted by molar-refractivity contribution is 5.15. The predicted molar refractivity (Wildman–Crippen MR) is 54.4 cm³/mol. The fraction of sp³-hybridized carbons (Fsp3) is 0.167. The Morgan fingerprint density at radius 3 is 2.67 bits per heavy atom. The van der Waals surface area contributed by atoms with Crippen LogP contribution in [0.15, 0.2) is 47.1 Å². The highest BCUT2D eigenvalue weighted by Gasteiger charge is 2.03. The summed E-state index contributed by atoms with van der Waals surface area (Å²) < 4.78 is 18.4. The lowest BCUT2D eigenvalue weighted by Gasteiger charge is -2.01. The van der Waals surface area contributed by atoms with E-state index in [1.165, 1.54) is 6.07 Å². The summed E-state index contributed by atoms with van der Waals surface area (Å²) in [5.41, 5.74) is 0.726. The van der Waals surface area contributed by atoms with Crippen molar-refractivity contribution in [1.29, 1.82) is 0 Å². The van der Waals surface area contributed by atoms with Gasteiger partial charge in [-0.3, -0.25) is 0 Å². The van der Waals surface area contributed by atoms with Crippen molar-refractivity contribution < 1.29 is 14.1 Å². The fourth-order valence-corrected chi connectivity index (χ4v) is 1.46. The summed E-state index contributed by atoms with van der Waals surface area (Å²) >= 11 is 0. The second-order valence-corrected chi connectivity index (χ2v) is 3.37. The Balaban J connectivity index is 1.86. The van der Waals surface area contributed by atoms with Crippen LogP contribution in [0.3, 0.4) is 0 Å². The summed E-state index contributed by atoms with van der Waals surface area (Å²) in [4.78, 5) is 0. The molecule has 0 saturated heterocycles. The van der Waals surface area contributed by atoms with E-state index in [1.54, 1.807) is 18.4 Å². The van der Waals surface area contributed by atoms with Gasteiger partial charge >= 0.3 is 0 Å². The molecule has 0 aliphatic heterocycles. The Bertz CT molecular complexity index is 411. The third-order valence-electron chi connectivity index (χ3n) is 2.25. The number of hydrogen-bond acceptors (Lipinski definition) is 1. The highest BCUT2D eigenvalue weighted by atomic mass is 19.1. The number of rotatable bonds is 4. The molecule has 2 aromatic rings. The minimum atomic E-state index is -0.145. The SMILES string of the molecule is Fc1ccccc1C[NH2+]Cc1ccco1. The molecule has 3 heteroatoms. The van der Waals surface area contributed by atoms with Crippen molar-refractivity contribution in [2.24, 2.45) is 0 Å². The molecule has 0 spiro atoms. The molecular weight excluding hydrogens is 193 g/mol. The predicted octanol–water partition coefficient (Wildman–Crippen LogP) is 1.68. The van der Waals surface area contributed by atoms with Gasteiger partial charge in [-0.2, -0.15) is 0 Å². The molecule has 0 amide bonds. The summed E-state index contributed by atoms with van der Waals surface area (Å²) in [5.74, 6) is 0.763. The molecule has 1 heterocycles. The van der Waals surface area contributed by atoms with Crippen molar-refractivity contribution in [2.75, 3.05) is 0 Å².